The van der Waals surface area contributed by atoms with E-state index >= 15 is 0 Å². The van der Waals surface area contributed by atoms with Crippen molar-refractivity contribution >= 4 is 39.8 Å². The number of imidazole rings is 1. The van der Waals surface area contributed by atoms with Crippen LogP contribution < -0.4 is 15.5 Å². The topological polar surface area (TPSA) is 110 Å². The van der Waals surface area contributed by atoms with Crippen molar-refractivity contribution in [2.24, 2.45) is 0 Å². The zero-order chi connectivity index (χ0) is 25.4. The zero-order valence-electron chi connectivity index (χ0n) is 20.7. The molecule has 2 heterocycles. The summed E-state index contributed by atoms with van der Waals surface area (Å²) in [6.45, 7) is 1.64. The van der Waals surface area contributed by atoms with E-state index in [0.29, 0.717) is 23.7 Å². The molecule has 0 bridgehead atoms. The molecule has 1 aliphatic heterocycles. The number of allylic oxidation sites excluding steroid dienone is 3. The van der Waals surface area contributed by atoms with Gasteiger partial charge in [0.25, 0.3) is 5.91 Å². The van der Waals surface area contributed by atoms with Crippen LogP contribution in [-0.4, -0.2) is 52.1 Å². The minimum atomic E-state index is -0.210. The van der Waals surface area contributed by atoms with E-state index in [9.17, 15) is 14.7 Å². The van der Waals surface area contributed by atoms with Crippen molar-refractivity contribution < 1.29 is 14.7 Å². The number of H-pyrrole nitrogens is 1. The first-order chi connectivity index (χ1) is 18.0. The maximum Gasteiger partial charge on any atom is 0.255 e. The van der Waals surface area contributed by atoms with Gasteiger partial charge in [-0.1, -0.05) is 12.2 Å². The normalized spacial score (nSPS) is 18.4. The molecule has 190 valence electrons. The Hall–Kier alpha value is -3.91. The second kappa shape index (κ2) is 9.86. The average Bonchev–Trinajstić information content (AvgIpc) is 3.64. The minimum Gasteiger partial charge on any atom is -0.393 e. The summed E-state index contributed by atoms with van der Waals surface area (Å²) in [5, 5.41) is 15.7. The number of rotatable bonds is 6. The summed E-state index contributed by atoms with van der Waals surface area (Å²) < 4.78 is 0. The molecular weight excluding hydrogens is 466 g/mol. The van der Waals surface area contributed by atoms with E-state index in [-0.39, 0.29) is 17.9 Å². The number of nitrogens with zero attached hydrogens (tertiary/aromatic N) is 2. The number of benzene rings is 2. The highest BCUT2D eigenvalue weighted by atomic mass is 16.3. The molecule has 0 unspecified atom stereocenters. The number of piperidine rings is 1. The molecule has 2 fully saturated rings. The van der Waals surface area contributed by atoms with Crippen LogP contribution in [0, 0.1) is 0 Å². The second-order valence-electron chi connectivity index (χ2n) is 10.2. The molecule has 0 spiro atoms. The molecular formula is C29H31N5O3. The fourth-order valence-electron chi connectivity index (χ4n) is 4.92. The molecule has 2 amide bonds. The molecule has 0 radical (unpaired) electrons. The fraction of sp³-hybridized carbons (Fsp3) is 0.345. The predicted octanol–water partition coefficient (Wildman–Crippen LogP) is 4.16. The Bertz CT molecular complexity index is 1390. The van der Waals surface area contributed by atoms with Gasteiger partial charge in [-0.15, -0.1) is 0 Å². The third kappa shape index (κ3) is 5.29. The van der Waals surface area contributed by atoms with Gasteiger partial charge < -0.3 is 25.6 Å². The summed E-state index contributed by atoms with van der Waals surface area (Å²) in [5.74, 6) is 0.665. The number of aliphatic hydroxyl groups is 1. The van der Waals surface area contributed by atoms with Crippen LogP contribution in [0.1, 0.15) is 54.7 Å². The van der Waals surface area contributed by atoms with Gasteiger partial charge in [0.05, 0.1) is 17.1 Å². The maximum absolute atomic E-state index is 12.9. The predicted molar refractivity (Wildman–Crippen MR) is 144 cm³/mol. The molecule has 6 rings (SSSR count). The van der Waals surface area contributed by atoms with Gasteiger partial charge in [-0.2, -0.15) is 0 Å². The van der Waals surface area contributed by atoms with Gasteiger partial charge in [0, 0.05) is 41.6 Å². The molecule has 1 aromatic heterocycles. The molecule has 4 N–H and O–H groups in total. The van der Waals surface area contributed by atoms with Gasteiger partial charge >= 0.3 is 0 Å². The number of hydrogen-bond donors (Lipinski definition) is 4. The van der Waals surface area contributed by atoms with Crippen molar-refractivity contribution in [3.8, 4) is 0 Å². The van der Waals surface area contributed by atoms with E-state index in [1.165, 1.54) is 0 Å². The molecule has 3 aliphatic rings. The first-order valence-corrected chi connectivity index (χ1v) is 13.1. The lowest BCUT2D eigenvalue weighted by Crippen LogP contribution is -2.35. The first kappa shape index (κ1) is 23.5. The van der Waals surface area contributed by atoms with Crippen LogP contribution in [-0.2, 0) is 4.79 Å². The molecule has 2 aliphatic carbocycles. The van der Waals surface area contributed by atoms with Crippen molar-refractivity contribution in [2.45, 2.75) is 50.7 Å². The number of aromatic nitrogens is 2. The monoisotopic (exact) mass is 497 g/mol. The van der Waals surface area contributed by atoms with Crippen molar-refractivity contribution in [3.63, 3.8) is 0 Å². The second-order valence-corrected chi connectivity index (χ2v) is 10.2. The molecule has 37 heavy (non-hydrogen) atoms. The number of amides is 2. The number of hydrogen-bond acceptors (Lipinski definition) is 5. The SMILES string of the molecule is O=C(NC1CC1)C1=CC=C(c2nc3ccc(NC(=O)c4ccc(N5CCC(O)CC5)cc4)cc3[nH]2)CC1. The summed E-state index contributed by atoms with van der Waals surface area (Å²) in [6, 6.07) is 13.6. The Kier molecular flexibility index (Phi) is 6.26. The Morgan fingerprint density at radius 1 is 0.946 bits per heavy atom. The standard InChI is InChI=1S/C29H31N5O3/c35-24-13-15-34(16-14-24)23-10-5-20(6-11-23)29(37)31-22-9-12-25-26(17-22)33-27(32-25)18-1-3-19(4-2-18)28(36)30-21-7-8-21/h1,3,5-6,9-12,17,21,24,35H,2,4,7-8,13-16H2,(H,30,36)(H,31,37)(H,32,33). The van der Waals surface area contributed by atoms with Crippen LogP contribution in [0.3, 0.4) is 0 Å². The lowest BCUT2D eigenvalue weighted by molar-refractivity contribution is -0.117. The summed E-state index contributed by atoms with van der Waals surface area (Å²) in [6.07, 6.45) is 8.81. The van der Waals surface area contributed by atoms with E-state index in [0.717, 1.165) is 78.9 Å². The maximum atomic E-state index is 12.9. The number of aromatic amines is 1. The number of carbonyl (C=O) groups is 2. The van der Waals surface area contributed by atoms with Crippen molar-refractivity contribution in [2.75, 3.05) is 23.3 Å². The van der Waals surface area contributed by atoms with Crippen LogP contribution in [0.25, 0.3) is 16.6 Å². The van der Waals surface area contributed by atoms with Gasteiger partial charge in [0.1, 0.15) is 5.82 Å². The third-order valence-electron chi connectivity index (χ3n) is 7.36. The largest absolute Gasteiger partial charge is 0.393 e. The van der Waals surface area contributed by atoms with E-state index < -0.39 is 0 Å². The number of aliphatic hydroxyl groups excluding tert-OH is 1. The van der Waals surface area contributed by atoms with Gasteiger partial charge in [-0.25, -0.2) is 4.98 Å². The van der Waals surface area contributed by atoms with Crippen LogP contribution >= 0.6 is 0 Å². The highest BCUT2D eigenvalue weighted by Gasteiger charge is 2.25. The smallest absolute Gasteiger partial charge is 0.255 e. The third-order valence-corrected chi connectivity index (χ3v) is 7.36. The molecule has 0 atom stereocenters. The number of anilines is 2. The summed E-state index contributed by atoms with van der Waals surface area (Å²) >= 11 is 0. The lowest BCUT2D eigenvalue weighted by Gasteiger charge is -2.31. The highest BCUT2D eigenvalue weighted by Crippen LogP contribution is 2.29. The fourth-order valence-corrected chi connectivity index (χ4v) is 4.92. The van der Waals surface area contributed by atoms with Gasteiger partial charge in [0.15, 0.2) is 0 Å². The van der Waals surface area contributed by atoms with Crippen molar-refractivity contribution in [3.05, 3.63) is 71.6 Å². The molecule has 8 nitrogen and oxygen atoms in total. The molecule has 8 heteroatoms. The van der Waals surface area contributed by atoms with Crippen LogP contribution in [0.15, 0.2) is 60.2 Å². The zero-order valence-corrected chi connectivity index (χ0v) is 20.7. The number of carbonyl (C=O) groups excluding carboxylic acids is 2. The Morgan fingerprint density at radius 2 is 1.73 bits per heavy atom. The molecule has 1 saturated carbocycles. The number of fused-ring (bicyclic) bond motifs is 1. The van der Waals surface area contributed by atoms with E-state index in [1.807, 2.05) is 54.6 Å². The Morgan fingerprint density at radius 3 is 2.43 bits per heavy atom. The summed E-state index contributed by atoms with van der Waals surface area (Å²) in [7, 11) is 0. The summed E-state index contributed by atoms with van der Waals surface area (Å²) in [4.78, 5) is 35.5. The van der Waals surface area contributed by atoms with Gasteiger partial charge in [-0.3, -0.25) is 9.59 Å². The van der Waals surface area contributed by atoms with Crippen LogP contribution in [0.4, 0.5) is 11.4 Å². The van der Waals surface area contributed by atoms with E-state index in [1.54, 1.807) is 0 Å². The van der Waals surface area contributed by atoms with E-state index in [2.05, 4.69) is 20.5 Å². The van der Waals surface area contributed by atoms with Crippen molar-refractivity contribution in [1.82, 2.24) is 15.3 Å². The van der Waals surface area contributed by atoms with E-state index in [4.69, 9.17) is 4.98 Å². The quantitative estimate of drug-likeness (QED) is 0.409. The first-order valence-electron chi connectivity index (χ1n) is 13.1. The van der Waals surface area contributed by atoms with Crippen LogP contribution in [0.5, 0.6) is 0 Å². The van der Waals surface area contributed by atoms with Gasteiger partial charge in [0.2, 0.25) is 5.91 Å². The molecule has 2 aromatic carbocycles. The molecule has 1 saturated heterocycles. The summed E-state index contributed by atoms with van der Waals surface area (Å²) in [5.41, 5.74) is 5.90. The Balaban J connectivity index is 1.11. The number of nitrogens with one attached hydrogen (secondary N) is 3. The van der Waals surface area contributed by atoms with Crippen LogP contribution in [0.2, 0.25) is 0 Å². The Labute approximate surface area is 215 Å². The average molecular weight is 498 g/mol. The van der Waals surface area contributed by atoms with Gasteiger partial charge in [-0.05, 0) is 86.6 Å². The highest BCUT2D eigenvalue weighted by molar-refractivity contribution is 6.05. The minimum absolute atomic E-state index is 0.0452. The molecule has 3 aromatic rings. The lowest BCUT2D eigenvalue weighted by atomic mass is 9.97. The van der Waals surface area contributed by atoms with Crippen molar-refractivity contribution in [1.29, 1.82) is 0 Å².